The fraction of sp³-hybridized carbons (Fsp3) is 0.556. The lowest BCUT2D eigenvalue weighted by atomic mass is 10.1. The van der Waals surface area contributed by atoms with Crippen LogP contribution in [0.2, 0.25) is 0 Å². The van der Waals surface area contributed by atoms with E-state index in [4.69, 9.17) is 0 Å². The number of hydrogen-bond donors (Lipinski definition) is 1. The molecule has 0 aromatic carbocycles. The van der Waals surface area contributed by atoms with Gasteiger partial charge >= 0.3 is 0 Å². The number of nitrogens with one attached hydrogen (secondary N) is 1. The molecule has 2 unspecified atom stereocenters. The number of thiophene rings is 1. The molecule has 2 heteroatoms. The average Bonchev–Trinajstić information content (AvgIpc) is 2.55. The Morgan fingerprint density at radius 2 is 2.55 bits per heavy atom. The van der Waals surface area contributed by atoms with Crippen LogP contribution in [0, 0.1) is 5.92 Å². The third kappa shape index (κ3) is 1.47. The topological polar surface area (TPSA) is 12.0 Å². The Hall–Kier alpha value is -0.340. The molecule has 60 valence electrons. The van der Waals surface area contributed by atoms with Gasteiger partial charge in [-0.05, 0) is 30.3 Å². The minimum absolute atomic E-state index is 0.644. The first kappa shape index (κ1) is 7.32. The van der Waals surface area contributed by atoms with Crippen molar-refractivity contribution in [2.24, 2.45) is 5.92 Å². The van der Waals surface area contributed by atoms with Crippen LogP contribution in [0.1, 0.15) is 24.3 Å². The third-order valence-electron chi connectivity index (χ3n) is 2.24. The highest BCUT2D eigenvalue weighted by atomic mass is 32.1. The summed E-state index contributed by atoms with van der Waals surface area (Å²) in [4.78, 5) is 1.49. The fourth-order valence-corrected chi connectivity index (χ4v) is 2.43. The second-order valence-corrected chi connectivity index (χ2v) is 4.30. The molecule has 2 rings (SSSR count). The van der Waals surface area contributed by atoms with E-state index in [-0.39, 0.29) is 0 Å². The Labute approximate surface area is 71.4 Å². The van der Waals surface area contributed by atoms with Gasteiger partial charge in [0.2, 0.25) is 0 Å². The minimum Gasteiger partial charge on any atom is -0.309 e. The summed E-state index contributed by atoms with van der Waals surface area (Å²) in [6.45, 7) is 3.49. The lowest BCUT2D eigenvalue weighted by Crippen LogP contribution is -2.11. The van der Waals surface area contributed by atoms with Gasteiger partial charge < -0.3 is 5.32 Å². The van der Waals surface area contributed by atoms with Crippen molar-refractivity contribution in [3.05, 3.63) is 22.4 Å². The summed E-state index contributed by atoms with van der Waals surface area (Å²) in [5.74, 6) is 0.849. The van der Waals surface area contributed by atoms with Gasteiger partial charge in [0, 0.05) is 10.9 Å². The first-order valence-electron chi connectivity index (χ1n) is 4.13. The van der Waals surface area contributed by atoms with E-state index in [2.05, 4.69) is 29.8 Å². The first-order chi connectivity index (χ1) is 5.36. The van der Waals surface area contributed by atoms with E-state index >= 15 is 0 Å². The van der Waals surface area contributed by atoms with Crippen molar-refractivity contribution in [2.45, 2.75) is 19.4 Å². The highest BCUT2D eigenvalue weighted by molar-refractivity contribution is 7.10. The van der Waals surface area contributed by atoms with E-state index < -0.39 is 0 Å². The zero-order valence-corrected chi connectivity index (χ0v) is 7.53. The lowest BCUT2D eigenvalue weighted by molar-refractivity contribution is 0.618. The maximum absolute atomic E-state index is 3.52. The van der Waals surface area contributed by atoms with Gasteiger partial charge in [-0.2, -0.15) is 0 Å². The van der Waals surface area contributed by atoms with Crippen molar-refractivity contribution < 1.29 is 0 Å². The van der Waals surface area contributed by atoms with E-state index in [1.807, 2.05) is 11.3 Å². The van der Waals surface area contributed by atoms with Gasteiger partial charge in [0.1, 0.15) is 0 Å². The molecule has 1 saturated heterocycles. The molecule has 0 saturated carbocycles. The van der Waals surface area contributed by atoms with Crippen LogP contribution in [0.4, 0.5) is 0 Å². The summed E-state index contributed by atoms with van der Waals surface area (Å²) < 4.78 is 0. The summed E-state index contributed by atoms with van der Waals surface area (Å²) in [5, 5.41) is 5.67. The number of hydrogen-bond acceptors (Lipinski definition) is 2. The molecule has 2 atom stereocenters. The zero-order chi connectivity index (χ0) is 7.68. The Kier molecular flexibility index (Phi) is 1.96. The molecule has 1 fully saturated rings. The lowest BCUT2D eigenvalue weighted by Gasteiger charge is -2.05. The fourth-order valence-electron chi connectivity index (χ4n) is 1.62. The van der Waals surface area contributed by atoms with Crippen molar-refractivity contribution in [3.63, 3.8) is 0 Å². The van der Waals surface area contributed by atoms with E-state index in [0.717, 1.165) is 5.92 Å². The molecule has 0 aliphatic carbocycles. The van der Waals surface area contributed by atoms with Crippen LogP contribution >= 0.6 is 11.3 Å². The minimum atomic E-state index is 0.644. The van der Waals surface area contributed by atoms with Crippen molar-refractivity contribution in [2.75, 3.05) is 6.54 Å². The second kappa shape index (κ2) is 2.95. The monoisotopic (exact) mass is 167 g/mol. The Bertz CT molecular complexity index is 217. The Morgan fingerprint density at radius 3 is 3.09 bits per heavy atom. The quantitative estimate of drug-likeness (QED) is 0.677. The molecule has 1 N–H and O–H groups in total. The van der Waals surface area contributed by atoms with Gasteiger partial charge in [0.05, 0.1) is 0 Å². The average molecular weight is 167 g/mol. The molecule has 1 aromatic rings. The van der Waals surface area contributed by atoms with Gasteiger partial charge in [-0.1, -0.05) is 13.0 Å². The van der Waals surface area contributed by atoms with Crippen LogP contribution in [0.25, 0.3) is 0 Å². The summed E-state index contributed by atoms with van der Waals surface area (Å²) in [6.07, 6.45) is 1.31. The van der Waals surface area contributed by atoms with Crippen LogP contribution in [0.5, 0.6) is 0 Å². The van der Waals surface area contributed by atoms with Crippen LogP contribution in [0.3, 0.4) is 0 Å². The van der Waals surface area contributed by atoms with Gasteiger partial charge in [-0.15, -0.1) is 11.3 Å². The Morgan fingerprint density at radius 1 is 1.64 bits per heavy atom. The van der Waals surface area contributed by atoms with Crippen LogP contribution in [0.15, 0.2) is 17.5 Å². The van der Waals surface area contributed by atoms with Gasteiger partial charge in [-0.3, -0.25) is 0 Å². The summed E-state index contributed by atoms with van der Waals surface area (Å²) in [7, 11) is 0. The molecule has 1 aromatic heterocycles. The predicted molar refractivity (Wildman–Crippen MR) is 48.8 cm³/mol. The number of rotatable bonds is 1. The van der Waals surface area contributed by atoms with Crippen molar-refractivity contribution in [1.29, 1.82) is 0 Å². The molecule has 0 bridgehead atoms. The smallest absolute Gasteiger partial charge is 0.0417 e. The largest absolute Gasteiger partial charge is 0.309 e. The Balaban J connectivity index is 2.08. The summed E-state index contributed by atoms with van der Waals surface area (Å²) in [6, 6.07) is 5.00. The molecule has 0 radical (unpaired) electrons. The highest BCUT2D eigenvalue weighted by Gasteiger charge is 2.21. The standard InChI is InChI=1S/C9H13NS/c1-7-5-8(10-6-7)9-3-2-4-11-9/h2-4,7-8,10H,5-6H2,1H3. The van der Waals surface area contributed by atoms with Crippen LogP contribution in [-0.2, 0) is 0 Å². The van der Waals surface area contributed by atoms with Gasteiger partial charge in [0.25, 0.3) is 0 Å². The van der Waals surface area contributed by atoms with Crippen molar-refractivity contribution in [3.8, 4) is 0 Å². The van der Waals surface area contributed by atoms with Gasteiger partial charge in [-0.25, -0.2) is 0 Å². The molecule has 11 heavy (non-hydrogen) atoms. The van der Waals surface area contributed by atoms with Gasteiger partial charge in [0.15, 0.2) is 0 Å². The zero-order valence-electron chi connectivity index (χ0n) is 6.71. The van der Waals surface area contributed by atoms with E-state index in [0.29, 0.717) is 6.04 Å². The second-order valence-electron chi connectivity index (χ2n) is 3.32. The SMILES string of the molecule is CC1CNC(c2cccs2)C1. The molecule has 1 nitrogen and oxygen atoms in total. The normalized spacial score (nSPS) is 31.0. The van der Waals surface area contributed by atoms with E-state index in [9.17, 15) is 0 Å². The predicted octanol–water partition coefficient (Wildman–Crippen LogP) is 2.42. The summed E-state index contributed by atoms with van der Waals surface area (Å²) in [5.41, 5.74) is 0. The van der Waals surface area contributed by atoms with E-state index in [1.165, 1.54) is 17.8 Å². The molecular formula is C9H13NS. The molecule has 1 aliphatic rings. The highest BCUT2D eigenvalue weighted by Crippen LogP contribution is 2.29. The van der Waals surface area contributed by atoms with E-state index in [1.54, 1.807) is 0 Å². The third-order valence-corrected chi connectivity index (χ3v) is 3.22. The molecule has 2 heterocycles. The van der Waals surface area contributed by atoms with Crippen molar-refractivity contribution in [1.82, 2.24) is 5.32 Å². The molecule has 0 amide bonds. The molecular weight excluding hydrogens is 154 g/mol. The maximum atomic E-state index is 3.52. The molecule has 1 aliphatic heterocycles. The first-order valence-corrected chi connectivity index (χ1v) is 5.01. The van der Waals surface area contributed by atoms with Crippen LogP contribution < -0.4 is 5.32 Å². The maximum Gasteiger partial charge on any atom is 0.0417 e. The van der Waals surface area contributed by atoms with Crippen LogP contribution in [-0.4, -0.2) is 6.54 Å². The summed E-state index contributed by atoms with van der Waals surface area (Å²) >= 11 is 1.86. The molecule has 0 spiro atoms. The van der Waals surface area contributed by atoms with Crippen molar-refractivity contribution >= 4 is 11.3 Å².